The van der Waals surface area contributed by atoms with Crippen LogP contribution in [0.5, 0.6) is 11.5 Å². The Morgan fingerprint density at radius 2 is 1.76 bits per heavy atom. The maximum atomic E-state index is 5.95. The molecule has 0 aliphatic heterocycles. The summed E-state index contributed by atoms with van der Waals surface area (Å²) in [7, 11) is 3.29. The molecule has 0 radical (unpaired) electrons. The second-order valence-corrected chi connectivity index (χ2v) is 5.28. The predicted molar refractivity (Wildman–Crippen MR) is 88.6 cm³/mol. The number of ether oxygens (including phenoxy) is 2. The van der Waals surface area contributed by atoms with Gasteiger partial charge < -0.3 is 15.2 Å². The molecule has 4 nitrogen and oxygen atoms in total. The van der Waals surface area contributed by atoms with E-state index in [9.17, 15) is 0 Å². The molecule has 0 unspecified atom stereocenters. The minimum absolute atomic E-state index is 0.531. The fourth-order valence-electron chi connectivity index (χ4n) is 1.74. The van der Waals surface area contributed by atoms with Gasteiger partial charge in [0.05, 0.1) is 19.9 Å². The van der Waals surface area contributed by atoms with Crippen LogP contribution in [0.15, 0.2) is 53.5 Å². The summed E-state index contributed by atoms with van der Waals surface area (Å²) in [6.45, 7) is 0. The first-order valence-corrected chi connectivity index (χ1v) is 7.44. The van der Waals surface area contributed by atoms with Gasteiger partial charge in [-0.2, -0.15) is 0 Å². The monoisotopic (exact) mass is 302 g/mol. The van der Waals surface area contributed by atoms with Gasteiger partial charge in [-0.1, -0.05) is 23.9 Å². The van der Waals surface area contributed by atoms with E-state index in [1.165, 1.54) is 11.8 Å². The fraction of sp³-hybridized carbons (Fsp3) is 0.188. The van der Waals surface area contributed by atoms with E-state index in [-0.39, 0.29) is 0 Å². The van der Waals surface area contributed by atoms with Crippen molar-refractivity contribution in [3.05, 3.63) is 54.1 Å². The lowest BCUT2D eigenvalue weighted by atomic mass is 10.2. The van der Waals surface area contributed by atoms with Crippen molar-refractivity contribution in [3.8, 4) is 11.5 Å². The molecule has 0 aliphatic rings. The van der Waals surface area contributed by atoms with Gasteiger partial charge >= 0.3 is 0 Å². The Bertz CT molecular complexity index is 612. The summed E-state index contributed by atoms with van der Waals surface area (Å²) in [4.78, 5) is 4.36. The van der Waals surface area contributed by atoms with Gasteiger partial charge in [-0.3, -0.25) is 0 Å². The zero-order valence-corrected chi connectivity index (χ0v) is 12.9. The van der Waals surface area contributed by atoms with Crippen LogP contribution in [0, 0.1) is 0 Å². The normalized spacial score (nSPS) is 11.2. The van der Waals surface area contributed by atoms with E-state index >= 15 is 0 Å². The molecule has 5 heteroatoms. The van der Waals surface area contributed by atoms with Crippen LogP contribution in [0.2, 0.25) is 0 Å². The van der Waals surface area contributed by atoms with Gasteiger partial charge in [0.1, 0.15) is 11.5 Å². The molecule has 2 aromatic rings. The minimum Gasteiger partial charge on any atom is -0.497 e. The van der Waals surface area contributed by atoms with E-state index < -0.39 is 0 Å². The van der Waals surface area contributed by atoms with Gasteiger partial charge in [0.15, 0.2) is 5.17 Å². The number of nitrogens with zero attached hydrogens (tertiary/aromatic N) is 1. The third-order valence-corrected chi connectivity index (χ3v) is 3.70. The lowest BCUT2D eigenvalue weighted by Crippen LogP contribution is -2.06. The van der Waals surface area contributed by atoms with Gasteiger partial charge in [0.2, 0.25) is 0 Å². The average Bonchev–Trinajstić information content (AvgIpc) is 2.54. The third-order valence-electron chi connectivity index (χ3n) is 2.83. The zero-order valence-electron chi connectivity index (χ0n) is 12.1. The Morgan fingerprint density at radius 3 is 2.43 bits per heavy atom. The second kappa shape index (κ2) is 7.59. The second-order valence-electron chi connectivity index (χ2n) is 4.29. The highest BCUT2D eigenvalue weighted by Crippen LogP contribution is 2.21. The van der Waals surface area contributed by atoms with Crippen molar-refractivity contribution in [1.82, 2.24) is 0 Å². The van der Waals surface area contributed by atoms with E-state index in [0.29, 0.717) is 5.17 Å². The lowest BCUT2D eigenvalue weighted by molar-refractivity contribution is 0.414. The fourth-order valence-corrected chi connectivity index (χ4v) is 2.40. The number of hydrogen-bond donors (Lipinski definition) is 1. The Hall–Kier alpha value is -2.14. The molecule has 0 fully saturated rings. The molecule has 0 atom stereocenters. The maximum absolute atomic E-state index is 5.95. The van der Waals surface area contributed by atoms with Crippen LogP contribution in [-0.2, 0) is 5.75 Å². The minimum atomic E-state index is 0.531. The first kappa shape index (κ1) is 15.3. The Balaban J connectivity index is 1.96. The van der Waals surface area contributed by atoms with Crippen LogP contribution >= 0.6 is 11.8 Å². The SMILES string of the molecule is COc1ccc(N=C(N)SCc2cccc(OC)c2)cc1. The van der Waals surface area contributed by atoms with Crippen LogP contribution in [0.1, 0.15) is 5.56 Å². The molecule has 0 saturated heterocycles. The molecule has 0 heterocycles. The smallest absolute Gasteiger partial charge is 0.159 e. The molecule has 21 heavy (non-hydrogen) atoms. The molecule has 0 bridgehead atoms. The highest BCUT2D eigenvalue weighted by Gasteiger charge is 2.00. The predicted octanol–water partition coefficient (Wildman–Crippen LogP) is 3.58. The van der Waals surface area contributed by atoms with Crippen LogP contribution in [0.4, 0.5) is 5.69 Å². The van der Waals surface area contributed by atoms with Gasteiger partial charge in [-0.15, -0.1) is 0 Å². The Morgan fingerprint density at radius 1 is 1.05 bits per heavy atom. The van der Waals surface area contributed by atoms with E-state index in [1.807, 2.05) is 48.5 Å². The van der Waals surface area contributed by atoms with Crippen LogP contribution < -0.4 is 15.2 Å². The molecule has 0 aromatic heterocycles. The largest absolute Gasteiger partial charge is 0.497 e. The standard InChI is InChI=1S/C16H18N2O2S/c1-19-14-8-6-13(7-9-14)18-16(17)21-11-12-4-3-5-15(10-12)20-2/h3-10H,11H2,1-2H3,(H2,17,18). The summed E-state index contributed by atoms with van der Waals surface area (Å²) in [5.41, 5.74) is 7.90. The average molecular weight is 302 g/mol. The van der Waals surface area contributed by atoms with E-state index in [2.05, 4.69) is 4.99 Å². The number of methoxy groups -OCH3 is 2. The molecule has 0 spiro atoms. The summed E-state index contributed by atoms with van der Waals surface area (Å²) in [6.07, 6.45) is 0. The number of benzene rings is 2. The molecule has 0 amide bonds. The van der Waals surface area contributed by atoms with Crippen LogP contribution in [0.25, 0.3) is 0 Å². The molecular formula is C16H18N2O2S. The molecule has 0 aliphatic carbocycles. The molecule has 2 rings (SSSR count). The highest BCUT2D eigenvalue weighted by molar-refractivity contribution is 8.13. The van der Waals surface area contributed by atoms with Crippen molar-refractivity contribution >= 4 is 22.6 Å². The zero-order chi connectivity index (χ0) is 15.1. The van der Waals surface area contributed by atoms with Crippen molar-refractivity contribution in [1.29, 1.82) is 0 Å². The Kier molecular flexibility index (Phi) is 5.51. The molecular weight excluding hydrogens is 284 g/mol. The number of rotatable bonds is 5. The van der Waals surface area contributed by atoms with Crippen molar-refractivity contribution in [2.75, 3.05) is 14.2 Å². The summed E-state index contributed by atoms with van der Waals surface area (Å²) in [5.74, 6) is 2.40. The number of hydrogen-bond acceptors (Lipinski definition) is 4. The van der Waals surface area contributed by atoms with E-state index in [4.69, 9.17) is 15.2 Å². The van der Waals surface area contributed by atoms with Crippen molar-refractivity contribution in [3.63, 3.8) is 0 Å². The van der Waals surface area contributed by atoms with E-state index in [0.717, 1.165) is 28.5 Å². The third kappa shape index (κ3) is 4.72. The molecule has 2 aromatic carbocycles. The maximum Gasteiger partial charge on any atom is 0.159 e. The number of aliphatic imine (C=N–C) groups is 1. The summed E-state index contributed by atoms with van der Waals surface area (Å²) in [5, 5.41) is 0.531. The molecule has 110 valence electrons. The first-order chi connectivity index (χ1) is 10.2. The summed E-state index contributed by atoms with van der Waals surface area (Å²) < 4.78 is 10.3. The number of amidine groups is 1. The Labute approximate surface area is 129 Å². The number of thioether (sulfide) groups is 1. The van der Waals surface area contributed by atoms with E-state index in [1.54, 1.807) is 14.2 Å². The van der Waals surface area contributed by atoms with Crippen LogP contribution in [0.3, 0.4) is 0 Å². The first-order valence-electron chi connectivity index (χ1n) is 6.45. The highest BCUT2D eigenvalue weighted by atomic mass is 32.2. The van der Waals surface area contributed by atoms with Crippen molar-refractivity contribution in [2.45, 2.75) is 5.75 Å². The molecule has 0 saturated carbocycles. The van der Waals surface area contributed by atoms with Gasteiger partial charge in [0, 0.05) is 5.75 Å². The van der Waals surface area contributed by atoms with Gasteiger partial charge in [-0.25, -0.2) is 4.99 Å². The number of nitrogens with two attached hydrogens (primary N) is 1. The van der Waals surface area contributed by atoms with Crippen LogP contribution in [-0.4, -0.2) is 19.4 Å². The summed E-state index contributed by atoms with van der Waals surface area (Å²) in [6, 6.07) is 15.4. The van der Waals surface area contributed by atoms with Gasteiger partial charge in [-0.05, 0) is 42.0 Å². The van der Waals surface area contributed by atoms with Crippen molar-refractivity contribution in [2.24, 2.45) is 10.7 Å². The quantitative estimate of drug-likeness (QED) is 0.677. The lowest BCUT2D eigenvalue weighted by Gasteiger charge is -2.04. The molecule has 2 N–H and O–H groups in total. The topological polar surface area (TPSA) is 56.8 Å². The summed E-state index contributed by atoms with van der Waals surface area (Å²) >= 11 is 1.49. The van der Waals surface area contributed by atoms with Gasteiger partial charge in [0.25, 0.3) is 0 Å². The van der Waals surface area contributed by atoms with Crippen molar-refractivity contribution < 1.29 is 9.47 Å².